The molecule has 1 N–H and O–H groups in total. The van der Waals surface area contributed by atoms with Crippen molar-refractivity contribution in [1.82, 2.24) is 5.32 Å². The van der Waals surface area contributed by atoms with Gasteiger partial charge >= 0.3 is 0 Å². The minimum atomic E-state index is 0.805. The monoisotopic (exact) mass is 235 g/mol. The third-order valence-electron chi connectivity index (χ3n) is 2.89. The van der Waals surface area contributed by atoms with Gasteiger partial charge in [-0.25, -0.2) is 0 Å². The number of halogens is 1. The van der Waals surface area contributed by atoms with E-state index in [1.165, 1.54) is 24.0 Å². The topological polar surface area (TPSA) is 12.0 Å². The zero-order chi connectivity index (χ0) is 11.4. The number of rotatable bonds is 5. The highest BCUT2D eigenvalue weighted by atomic mass is 35.5. The maximum atomic E-state index is 5.96. The van der Waals surface area contributed by atoms with Crippen LogP contribution >= 0.6 is 11.6 Å². The second-order valence-electron chi connectivity index (χ2n) is 4.41. The lowest BCUT2D eigenvalue weighted by Gasteiger charge is -2.03. The molecule has 1 aromatic rings. The largest absolute Gasteiger partial charge is 0.314 e. The Morgan fingerprint density at radius 2 is 2.31 bits per heavy atom. The van der Waals surface area contributed by atoms with E-state index in [0.29, 0.717) is 0 Å². The summed E-state index contributed by atoms with van der Waals surface area (Å²) in [6.45, 7) is 3.23. The van der Waals surface area contributed by atoms with Crippen LogP contribution in [-0.2, 0) is 0 Å². The first kappa shape index (κ1) is 11.7. The smallest absolute Gasteiger partial charge is 0.0412 e. The molecule has 0 heterocycles. The highest BCUT2D eigenvalue weighted by Crippen LogP contribution is 2.20. The standard InChI is InChI=1S/C14H18ClN/c1-11(4-3-9-16-14-7-8-14)12-5-2-6-13(15)10-12/h2,4-6,10,14,16H,3,7-9H2,1H3. The zero-order valence-electron chi connectivity index (χ0n) is 9.67. The van der Waals surface area contributed by atoms with Crippen molar-refractivity contribution in [2.45, 2.75) is 32.2 Å². The molecule has 0 aliphatic heterocycles. The highest BCUT2D eigenvalue weighted by molar-refractivity contribution is 6.30. The fourth-order valence-corrected chi connectivity index (χ4v) is 1.91. The quantitative estimate of drug-likeness (QED) is 0.764. The number of hydrogen-bond donors (Lipinski definition) is 1. The summed E-state index contributed by atoms with van der Waals surface area (Å²) >= 11 is 5.96. The lowest BCUT2D eigenvalue weighted by molar-refractivity contribution is 0.690. The third kappa shape index (κ3) is 3.66. The van der Waals surface area contributed by atoms with Crippen molar-refractivity contribution >= 4 is 17.2 Å². The Balaban J connectivity index is 1.84. The maximum Gasteiger partial charge on any atom is 0.0412 e. The molecular formula is C14H18ClN. The van der Waals surface area contributed by atoms with E-state index in [9.17, 15) is 0 Å². The van der Waals surface area contributed by atoms with Crippen molar-refractivity contribution in [3.8, 4) is 0 Å². The van der Waals surface area contributed by atoms with Crippen molar-refractivity contribution in [1.29, 1.82) is 0 Å². The molecule has 2 heteroatoms. The molecule has 1 nitrogen and oxygen atoms in total. The van der Waals surface area contributed by atoms with E-state index >= 15 is 0 Å². The van der Waals surface area contributed by atoms with E-state index in [2.05, 4.69) is 24.4 Å². The van der Waals surface area contributed by atoms with Gasteiger partial charge in [0.2, 0.25) is 0 Å². The van der Waals surface area contributed by atoms with Crippen molar-refractivity contribution in [3.05, 3.63) is 40.9 Å². The predicted molar refractivity (Wildman–Crippen MR) is 70.7 cm³/mol. The first-order valence-electron chi connectivity index (χ1n) is 5.92. The Hall–Kier alpha value is -0.790. The van der Waals surface area contributed by atoms with Crippen LogP contribution in [-0.4, -0.2) is 12.6 Å². The minimum absolute atomic E-state index is 0.805. The van der Waals surface area contributed by atoms with Gasteiger partial charge in [-0.3, -0.25) is 0 Å². The van der Waals surface area contributed by atoms with Crippen LogP contribution in [0.25, 0.3) is 5.57 Å². The highest BCUT2D eigenvalue weighted by Gasteiger charge is 2.19. The van der Waals surface area contributed by atoms with Crippen molar-refractivity contribution in [3.63, 3.8) is 0 Å². The molecule has 0 unspecified atom stereocenters. The first-order valence-corrected chi connectivity index (χ1v) is 6.29. The summed E-state index contributed by atoms with van der Waals surface area (Å²) in [7, 11) is 0. The van der Waals surface area contributed by atoms with E-state index in [-0.39, 0.29) is 0 Å². The maximum absolute atomic E-state index is 5.96. The predicted octanol–water partition coefficient (Wildman–Crippen LogP) is 3.89. The molecule has 16 heavy (non-hydrogen) atoms. The Morgan fingerprint density at radius 1 is 1.50 bits per heavy atom. The van der Waals surface area contributed by atoms with Crippen LogP contribution in [0.4, 0.5) is 0 Å². The van der Waals surface area contributed by atoms with Crippen LogP contribution in [0, 0.1) is 0 Å². The normalized spacial score (nSPS) is 16.5. The summed E-state index contributed by atoms with van der Waals surface area (Å²) in [5.74, 6) is 0. The van der Waals surface area contributed by atoms with Crippen molar-refractivity contribution in [2.24, 2.45) is 0 Å². The number of allylic oxidation sites excluding steroid dienone is 1. The van der Waals surface area contributed by atoms with Gasteiger partial charge in [-0.1, -0.05) is 29.8 Å². The van der Waals surface area contributed by atoms with Gasteiger partial charge in [0.1, 0.15) is 0 Å². The third-order valence-corrected chi connectivity index (χ3v) is 3.12. The molecule has 0 saturated heterocycles. The van der Waals surface area contributed by atoms with Crippen LogP contribution in [0.15, 0.2) is 30.3 Å². The average molecular weight is 236 g/mol. The number of hydrogen-bond acceptors (Lipinski definition) is 1. The first-order chi connectivity index (χ1) is 7.75. The molecule has 1 aromatic carbocycles. The second kappa shape index (κ2) is 5.51. The van der Waals surface area contributed by atoms with Crippen LogP contribution in [0.5, 0.6) is 0 Å². The summed E-state index contributed by atoms with van der Waals surface area (Å²) < 4.78 is 0. The Bertz CT molecular complexity index is 380. The van der Waals surface area contributed by atoms with Crippen LogP contribution in [0.3, 0.4) is 0 Å². The van der Waals surface area contributed by atoms with Crippen LogP contribution in [0.2, 0.25) is 5.02 Å². The summed E-state index contributed by atoms with van der Waals surface area (Å²) in [5, 5.41) is 4.31. The molecule has 0 bridgehead atoms. The summed E-state index contributed by atoms with van der Waals surface area (Å²) in [5.41, 5.74) is 2.53. The Kier molecular flexibility index (Phi) is 4.03. The van der Waals surface area contributed by atoms with Crippen molar-refractivity contribution in [2.75, 3.05) is 6.54 Å². The van der Waals surface area contributed by atoms with Gasteiger partial charge in [-0.2, -0.15) is 0 Å². The average Bonchev–Trinajstić information content (AvgIpc) is 3.08. The van der Waals surface area contributed by atoms with Gasteiger partial charge in [0.05, 0.1) is 0 Å². The van der Waals surface area contributed by atoms with E-state index < -0.39 is 0 Å². The van der Waals surface area contributed by atoms with Gasteiger partial charge in [-0.05, 0) is 56.0 Å². The zero-order valence-corrected chi connectivity index (χ0v) is 10.4. The fraction of sp³-hybridized carbons (Fsp3) is 0.429. The summed E-state index contributed by atoms with van der Waals surface area (Å²) in [6, 6.07) is 8.83. The van der Waals surface area contributed by atoms with E-state index in [0.717, 1.165) is 24.0 Å². The summed E-state index contributed by atoms with van der Waals surface area (Å²) in [6.07, 6.45) is 6.09. The van der Waals surface area contributed by atoms with Gasteiger partial charge < -0.3 is 5.32 Å². The van der Waals surface area contributed by atoms with E-state index in [1.54, 1.807) is 0 Å². The molecule has 86 valence electrons. The fourth-order valence-electron chi connectivity index (χ4n) is 1.72. The molecule has 0 aromatic heterocycles. The molecule has 0 amide bonds. The van der Waals surface area contributed by atoms with Gasteiger partial charge in [0, 0.05) is 11.1 Å². The lowest BCUT2D eigenvalue weighted by atomic mass is 10.1. The second-order valence-corrected chi connectivity index (χ2v) is 4.85. The Labute approximate surface area is 103 Å². The van der Waals surface area contributed by atoms with E-state index in [4.69, 9.17) is 11.6 Å². The Morgan fingerprint density at radius 3 is 3.00 bits per heavy atom. The molecule has 1 aliphatic carbocycles. The molecule has 0 spiro atoms. The van der Waals surface area contributed by atoms with E-state index in [1.807, 2.05) is 18.2 Å². The molecule has 0 radical (unpaired) electrons. The molecule has 1 saturated carbocycles. The van der Waals surface area contributed by atoms with Gasteiger partial charge in [0.15, 0.2) is 0 Å². The summed E-state index contributed by atoms with van der Waals surface area (Å²) in [4.78, 5) is 0. The molecular weight excluding hydrogens is 218 g/mol. The molecule has 2 rings (SSSR count). The molecule has 0 atom stereocenters. The van der Waals surface area contributed by atoms with Gasteiger partial charge in [-0.15, -0.1) is 0 Å². The minimum Gasteiger partial charge on any atom is -0.314 e. The SMILES string of the molecule is CC(=CCCNC1CC1)c1cccc(Cl)c1. The molecule has 1 aliphatic rings. The molecule has 1 fully saturated rings. The lowest BCUT2D eigenvalue weighted by Crippen LogP contribution is -2.16. The van der Waals surface area contributed by atoms with Crippen LogP contribution < -0.4 is 5.32 Å². The van der Waals surface area contributed by atoms with Crippen molar-refractivity contribution < 1.29 is 0 Å². The number of nitrogens with one attached hydrogen (secondary N) is 1. The van der Waals surface area contributed by atoms with Crippen LogP contribution in [0.1, 0.15) is 31.7 Å². The number of benzene rings is 1. The van der Waals surface area contributed by atoms with Gasteiger partial charge in [0.25, 0.3) is 0 Å².